The van der Waals surface area contributed by atoms with Crippen LogP contribution in [0.5, 0.6) is 11.5 Å². The summed E-state index contributed by atoms with van der Waals surface area (Å²) in [5.74, 6) is 1.39. The summed E-state index contributed by atoms with van der Waals surface area (Å²) in [6.45, 7) is 3.12. The van der Waals surface area contributed by atoms with Crippen LogP contribution in [0, 0.1) is 0 Å². The summed E-state index contributed by atoms with van der Waals surface area (Å²) >= 11 is 3.52. The minimum absolute atomic E-state index is 0. The average molecular weight is 428 g/mol. The van der Waals surface area contributed by atoms with Crippen molar-refractivity contribution in [2.75, 3.05) is 19.0 Å². The Morgan fingerprint density at radius 2 is 1.92 bits per heavy atom. The van der Waals surface area contributed by atoms with Crippen molar-refractivity contribution >= 4 is 32.7 Å². The molecule has 0 amide bonds. The maximum atomic E-state index is 11.3. The minimum Gasteiger partial charge on any atom is -1.00 e. The van der Waals surface area contributed by atoms with Gasteiger partial charge in [0.15, 0.2) is 11.5 Å². The van der Waals surface area contributed by atoms with Gasteiger partial charge in [-0.2, -0.15) is 0 Å². The van der Waals surface area contributed by atoms with Crippen LogP contribution in [0.15, 0.2) is 39.6 Å². The molecule has 0 spiro atoms. The monoisotopic (exact) mass is 426 g/mol. The molecule has 0 saturated heterocycles. The predicted octanol–water partition coefficient (Wildman–Crippen LogP) is 0.642. The molecule has 1 heterocycles. The van der Waals surface area contributed by atoms with E-state index in [1.54, 1.807) is 7.11 Å². The van der Waals surface area contributed by atoms with Crippen molar-refractivity contribution in [3.05, 3.63) is 50.9 Å². The zero-order chi connectivity index (χ0) is 17.1. The molecule has 6 nitrogen and oxygen atoms in total. The number of fused-ring (bicyclic) bond motifs is 1. The normalized spacial score (nSPS) is 10.4. The van der Waals surface area contributed by atoms with Crippen molar-refractivity contribution in [1.29, 1.82) is 0 Å². The number of benzene rings is 2. The van der Waals surface area contributed by atoms with Crippen molar-refractivity contribution in [2.24, 2.45) is 0 Å². The van der Waals surface area contributed by atoms with Crippen LogP contribution in [0.25, 0.3) is 11.0 Å². The Balaban J connectivity index is 0.00000225. The summed E-state index contributed by atoms with van der Waals surface area (Å²) in [4.78, 5) is 16.8. The number of aromatic nitrogens is 2. The lowest BCUT2D eigenvalue weighted by Gasteiger charge is -2.14. The summed E-state index contributed by atoms with van der Waals surface area (Å²) in [5, 5.41) is 3.34. The second-order valence-electron chi connectivity index (χ2n) is 5.24. The zero-order valence-electron chi connectivity index (χ0n) is 13.8. The Morgan fingerprint density at radius 3 is 2.64 bits per heavy atom. The molecule has 3 N–H and O–H groups in total. The Morgan fingerprint density at radius 1 is 1.16 bits per heavy atom. The van der Waals surface area contributed by atoms with E-state index in [-0.39, 0.29) is 18.1 Å². The summed E-state index contributed by atoms with van der Waals surface area (Å²) in [6, 6.07) is 9.63. The van der Waals surface area contributed by atoms with Crippen LogP contribution in [-0.4, -0.2) is 23.7 Å². The quantitative estimate of drug-likeness (QED) is 0.539. The van der Waals surface area contributed by atoms with Gasteiger partial charge in [-0.05, 0) is 58.7 Å². The minimum atomic E-state index is -0.206. The second kappa shape index (κ2) is 8.31. The van der Waals surface area contributed by atoms with Crippen molar-refractivity contribution in [2.45, 2.75) is 13.5 Å². The Hall–Kier alpha value is -2.12. The van der Waals surface area contributed by atoms with E-state index in [4.69, 9.17) is 9.47 Å². The molecule has 0 bridgehead atoms. The smallest absolute Gasteiger partial charge is 0.323 e. The molecule has 3 aromatic rings. The maximum absolute atomic E-state index is 11.3. The number of imidazole rings is 1. The van der Waals surface area contributed by atoms with Crippen LogP contribution in [-0.2, 0) is 6.54 Å². The Bertz CT molecular complexity index is 923. The number of hydrogen-bond donors (Lipinski definition) is 3. The standard InChI is InChI=1S/C17H18BrN3O3.ClH/c1-3-24-16-12(18)6-10(7-15(16)23-2)9-19-11-4-5-13-14(8-11)21-17(22)20-13;/h4-8,19H,3,9H2,1-2H3,(H2,20,21,22);1H/p-1. The van der Waals surface area contributed by atoms with E-state index in [1.165, 1.54) is 0 Å². The lowest BCUT2D eigenvalue weighted by Crippen LogP contribution is -3.00. The van der Waals surface area contributed by atoms with Gasteiger partial charge in [0.1, 0.15) is 0 Å². The first-order valence-electron chi connectivity index (χ1n) is 7.56. The third-order valence-electron chi connectivity index (χ3n) is 3.59. The van der Waals surface area contributed by atoms with Gasteiger partial charge in [0.25, 0.3) is 0 Å². The van der Waals surface area contributed by atoms with Crippen LogP contribution in [0.2, 0.25) is 0 Å². The van der Waals surface area contributed by atoms with Gasteiger partial charge in [0.05, 0.1) is 29.2 Å². The number of aromatic amines is 2. The lowest BCUT2D eigenvalue weighted by atomic mass is 10.2. The van der Waals surface area contributed by atoms with E-state index in [0.717, 1.165) is 26.8 Å². The highest BCUT2D eigenvalue weighted by atomic mass is 79.9. The van der Waals surface area contributed by atoms with Crippen molar-refractivity contribution in [1.82, 2.24) is 9.97 Å². The molecule has 8 heteroatoms. The molecule has 3 rings (SSSR count). The number of hydrogen-bond acceptors (Lipinski definition) is 4. The maximum Gasteiger partial charge on any atom is 0.323 e. The first-order valence-corrected chi connectivity index (χ1v) is 8.35. The van der Waals surface area contributed by atoms with E-state index in [2.05, 4.69) is 31.2 Å². The van der Waals surface area contributed by atoms with Crippen LogP contribution in [0.4, 0.5) is 5.69 Å². The number of anilines is 1. The van der Waals surface area contributed by atoms with Crippen LogP contribution in [0.1, 0.15) is 12.5 Å². The number of nitrogens with one attached hydrogen (secondary N) is 3. The zero-order valence-corrected chi connectivity index (χ0v) is 16.1. The number of rotatable bonds is 6. The van der Waals surface area contributed by atoms with Gasteiger partial charge in [0, 0.05) is 12.2 Å². The number of methoxy groups -OCH3 is 1. The predicted molar refractivity (Wildman–Crippen MR) is 98.1 cm³/mol. The highest BCUT2D eigenvalue weighted by Crippen LogP contribution is 2.36. The van der Waals surface area contributed by atoms with Gasteiger partial charge >= 0.3 is 5.69 Å². The number of halogens is 2. The first-order chi connectivity index (χ1) is 11.6. The molecule has 0 aliphatic rings. The summed E-state index contributed by atoms with van der Waals surface area (Å²) in [6.07, 6.45) is 0. The molecule has 0 saturated carbocycles. The fraction of sp³-hybridized carbons (Fsp3) is 0.235. The molecule has 0 unspecified atom stereocenters. The molecule has 1 aromatic heterocycles. The van der Waals surface area contributed by atoms with E-state index < -0.39 is 0 Å². The van der Waals surface area contributed by atoms with E-state index >= 15 is 0 Å². The van der Waals surface area contributed by atoms with Crippen molar-refractivity contribution < 1.29 is 21.9 Å². The fourth-order valence-electron chi connectivity index (χ4n) is 2.51. The van der Waals surface area contributed by atoms with Gasteiger partial charge in [-0.15, -0.1) is 0 Å². The van der Waals surface area contributed by atoms with E-state index in [0.29, 0.717) is 24.7 Å². The van der Waals surface area contributed by atoms with E-state index in [1.807, 2.05) is 37.3 Å². The van der Waals surface area contributed by atoms with Gasteiger partial charge in [-0.1, -0.05) is 0 Å². The largest absolute Gasteiger partial charge is 1.00 e. The molecule has 25 heavy (non-hydrogen) atoms. The number of ether oxygens (including phenoxy) is 2. The summed E-state index contributed by atoms with van der Waals surface area (Å²) in [5.41, 5.74) is 3.32. The molecule has 0 atom stereocenters. The third-order valence-corrected chi connectivity index (χ3v) is 4.18. The molecule has 0 fully saturated rings. The lowest BCUT2D eigenvalue weighted by molar-refractivity contribution is -0.00000566. The summed E-state index contributed by atoms with van der Waals surface area (Å²) < 4.78 is 11.9. The van der Waals surface area contributed by atoms with E-state index in [9.17, 15) is 4.79 Å². The molecule has 0 radical (unpaired) electrons. The van der Waals surface area contributed by atoms with Gasteiger partial charge in [-0.3, -0.25) is 0 Å². The highest BCUT2D eigenvalue weighted by molar-refractivity contribution is 9.10. The molecular formula is C17H18BrClN3O3-. The fourth-order valence-corrected chi connectivity index (χ4v) is 3.11. The van der Waals surface area contributed by atoms with Crippen LogP contribution >= 0.6 is 15.9 Å². The third kappa shape index (κ3) is 4.29. The summed E-state index contributed by atoms with van der Waals surface area (Å²) in [7, 11) is 1.62. The van der Waals surface area contributed by atoms with Crippen LogP contribution < -0.4 is 32.9 Å². The van der Waals surface area contributed by atoms with Gasteiger partial charge in [0.2, 0.25) is 0 Å². The average Bonchev–Trinajstić information content (AvgIpc) is 2.94. The van der Waals surface area contributed by atoms with Crippen molar-refractivity contribution in [3.63, 3.8) is 0 Å². The molecule has 134 valence electrons. The number of H-pyrrole nitrogens is 2. The Kier molecular flexibility index (Phi) is 6.39. The SMILES string of the molecule is CCOc1c(Br)cc(CNc2ccc3[nH]c(=O)[nH]c3c2)cc1OC.[Cl-]. The first kappa shape index (κ1) is 19.2. The van der Waals surface area contributed by atoms with Gasteiger partial charge < -0.3 is 37.2 Å². The van der Waals surface area contributed by atoms with Gasteiger partial charge in [-0.25, -0.2) is 4.79 Å². The molecule has 0 aliphatic carbocycles. The second-order valence-corrected chi connectivity index (χ2v) is 6.09. The molecular weight excluding hydrogens is 410 g/mol. The topological polar surface area (TPSA) is 79.1 Å². The van der Waals surface area contributed by atoms with Crippen LogP contribution in [0.3, 0.4) is 0 Å². The van der Waals surface area contributed by atoms with Crippen molar-refractivity contribution in [3.8, 4) is 11.5 Å². The highest BCUT2D eigenvalue weighted by Gasteiger charge is 2.11. The molecule has 0 aliphatic heterocycles. The molecule has 2 aromatic carbocycles. The Labute approximate surface area is 159 Å².